The second-order valence-corrected chi connectivity index (χ2v) is 2.10. The van der Waals surface area contributed by atoms with Crippen LogP contribution in [0.1, 0.15) is 0 Å². The molecule has 0 saturated carbocycles. The molecule has 0 amide bonds. The number of hydrogen-bond acceptors (Lipinski definition) is 0. The van der Waals surface area contributed by atoms with E-state index in [9.17, 15) is 0 Å². The molecule has 0 rings (SSSR count). The fourth-order valence-corrected chi connectivity index (χ4v) is 0.573. The molecule has 2 radical (unpaired) electrons. The SMILES string of the molecule is C=CC=CC=[CH][SnH]. The summed E-state index contributed by atoms with van der Waals surface area (Å²) in [5.41, 5.74) is 0. The van der Waals surface area contributed by atoms with E-state index < -0.39 is 0 Å². The number of rotatable bonds is 2. The first-order valence-corrected chi connectivity index (χ1v) is 3.98. The fraction of sp³-hybridized carbons (Fsp3) is 0. The van der Waals surface area contributed by atoms with Gasteiger partial charge < -0.3 is 0 Å². The van der Waals surface area contributed by atoms with Crippen molar-refractivity contribution in [1.29, 1.82) is 0 Å². The Balaban J connectivity index is 3.27. The zero-order valence-electron chi connectivity index (χ0n) is 4.17. The first kappa shape index (κ1) is 7.02. The van der Waals surface area contributed by atoms with Gasteiger partial charge in [-0.2, -0.15) is 0 Å². The molecule has 0 aliphatic heterocycles. The summed E-state index contributed by atoms with van der Waals surface area (Å²) >= 11 is 1.19. The zero-order valence-corrected chi connectivity index (χ0v) is 7.47. The van der Waals surface area contributed by atoms with Crippen LogP contribution in [0.25, 0.3) is 0 Å². The van der Waals surface area contributed by atoms with E-state index in [2.05, 4.69) is 10.7 Å². The van der Waals surface area contributed by atoms with Gasteiger partial charge in [0.15, 0.2) is 0 Å². The van der Waals surface area contributed by atoms with Gasteiger partial charge in [-0.3, -0.25) is 0 Å². The molecule has 0 heterocycles. The van der Waals surface area contributed by atoms with E-state index in [-0.39, 0.29) is 0 Å². The van der Waals surface area contributed by atoms with Gasteiger partial charge in [-0.25, -0.2) is 0 Å². The number of hydrogen-bond donors (Lipinski definition) is 0. The Morgan fingerprint density at radius 2 is 1.86 bits per heavy atom. The summed E-state index contributed by atoms with van der Waals surface area (Å²) in [7, 11) is 0. The topological polar surface area (TPSA) is 0 Å². The van der Waals surface area contributed by atoms with Crippen molar-refractivity contribution in [3.8, 4) is 0 Å². The third kappa shape index (κ3) is 6.02. The van der Waals surface area contributed by atoms with E-state index >= 15 is 0 Å². The van der Waals surface area contributed by atoms with Crippen molar-refractivity contribution in [3.63, 3.8) is 0 Å². The second-order valence-electron chi connectivity index (χ2n) is 1.01. The summed E-state index contributed by atoms with van der Waals surface area (Å²) in [5.74, 6) is 0. The predicted octanol–water partition coefficient (Wildman–Crippen LogP) is 1.14. The molecule has 0 nitrogen and oxygen atoms in total. The van der Waals surface area contributed by atoms with Crippen molar-refractivity contribution >= 4 is 22.5 Å². The Bertz CT molecular complexity index is 90.4. The van der Waals surface area contributed by atoms with E-state index in [1.165, 1.54) is 22.5 Å². The second kappa shape index (κ2) is 6.02. The van der Waals surface area contributed by atoms with Gasteiger partial charge in [0.1, 0.15) is 0 Å². The summed E-state index contributed by atoms with van der Waals surface area (Å²) in [6, 6.07) is 0. The van der Waals surface area contributed by atoms with Gasteiger partial charge >= 0.3 is 57.5 Å². The van der Waals surface area contributed by atoms with Crippen molar-refractivity contribution in [1.82, 2.24) is 0 Å². The van der Waals surface area contributed by atoms with Crippen LogP contribution in [0.3, 0.4) is 0 Å². The van der Waals surface area contributed by atoms with E-state index in [0.29, 0.717) is 0 Å². The Kier molecular flexibility index (Phi) is 6.03. The minimum absolute atomic E-state index is 1.19. The van der Waals surface area contributed by atoms with Crippen LogP contribution in [0.4, 0.5) is 0 Å². The van der Waals surface area contributed by atoms with Gasteiger partial charge in [-0.05, 0) is 0 Å². The van der Waals surface area contributed by atoms with Gasteiger partial charge in [-0.1, -0.05) is 0 Å². The molecule has 36 valence electrons. The Morgan fingerprint density at radius 3 is 2.29 bits per heavy atom. The molecule has 0 spiro atoms. The van der Waals surface area contributed by atoms with Crippen LogP contribution in [-0.4, -0.2) is 22.5 Å². The van der Waals surface area contributed by atoms with E-state index in [1.807, 2.05) is 18.2 Å². The molecule has 0 atom stereocenters. The Morgan fingerprint density at radius 1 is 1.14 bits per heavy atom. The minimum atomic E-state index is 1.19. The molecule has 0 unspecified atom stereocenters. The molecule has 0 bridgehead atoms. The van der Waals surface area contributed by atoms with Crippen LogP contribution in [-0.2, 0) is 0 Å². The van der Waals surface area contributed by atoms with Crippen molar-refractivity contribution in [2.75, 3.05) is 0 Å². The first-order valence-electron chi connectivity index (χ1n) is 2.07. The Hall–Kier alpha value is 0.0187. The van der Waals surface area contributed by atoms with Gasteiger partial charge in [0, 0.05) is 0 Å². The average molecular weight is 199 g/mol. The van der Waals surface area contributed by atoms with Crippen LogP contribution >= 0.6 is 0 Å². The standard InChI is InChI=1S/C6H7.Sn.H/c1-3-5-6-4-2;;/h1,3-6H,2H2;;. The molecule has 7 heavy (non-hydrogen) atoms. The van der Waals surface area contributed by atoms with E-state index in [0.717, 1.165) is 0 Å². The summed E-state index contributed by atoms with van der Waals surface area (Å²) in [5, 5.41) is 0. The van der Waals surface area contributed by atoms with Gasteiger partial charge in [0.25, 0.3) is 0 Å². The van der Waals surface area contributed by atoms with Crippen molar-refractivity contribution in [3.05, 3.63) is 35.0 Å². The van der Waals surface area contributed by atoms with Crippen molar-refractivity contribution in [2.45, 2.75) is 0 Å². The molecule has 0 N–H and O–H groups in total. The normalized spacial score (nSPS) is 11.0. The molecule has 0 aromatic heterocycles. The molecule has 0 saturated heterocycles. The third-order valence-corrected chi connectivity index (χ3v) is 1.10. The van der Waals surface area contributed by atoms with Gasteiger partial charge in [0.2, 0.25) is 0 Å². The Labute approximate surface area is 57.7 Å². The van der Waals surface area contributed by atoms with E-state index in [4.69, 9.17) is 0 Å². The third-order valence-electron chi connectivity index (χ3n) is 0.469. The molecule has 0 aromatic carbocycles. The number of allylic oxidation sites excluding steroid dienone is 4. The molecular weight excluding hydrogens is 191 g/mol. The van der Waals surface area contributed by atoms with E-state index in [1.54, 1.807) is 6.08 Å². The maximum absolute atomic E-state index is 3.52. The molecule has 1 heteroatoms. The molecule has 0 aliphatic rings. The first-order chi connectivity index (χ1) is 3.41. The van der Waals surface area contributed by atoms with Crippen molar-refractivity contribution < 1.29 is 0 Å². The van der Waals surface area contributed by atoms with Gasteiger partial charge in [-0.15, -0.1) is 0 Å². The zero-order chi connectivity index (χ0) is 5.54. The van der Waals surface area contributed by atoms with Gasteiger partial charge in [0.05, 0.1) is 0 Å². The van der Waals surface area contributed by atoms with Crippen LogP contribution in [0.15, 0.2) is 35.0 Å². The van der Waals surface area contributed by atoms with Crippen LogP contribution in [0.2, 0.25) is 0 Å². The monoisotopic (exact) mass is 200 g/mol. The molecule has 0 aliphatic carbocycles. The summed E-state index contributed by atoms with van der Waals surface area (Å²) in [4.78, 5) is 0. The van der Waals surface area contributed by atoms with Crippen LogP contribution in [0, 0.1) is 0 Å². The summed E-state index contributed by atoms with van der Waals surface area (Å²) in [6.45, 7) is 3.52. The molecule has 0 fully saturated rings. The predicted molar refractivity (Wildman–Crippen MR) is 35.6 cm³/mol. The summed E-state index contributed by atoms with van der Waals surface area (Å²) < 4.78 is 2.10. The summed E-state index contributed by atoms with van der Waals surface area (Å²) in [6.07, 6.45) is 7.66. The van der Waals surface area contributed by atoms with Crippen molar-refractivity contribution in [2.24, 2.45) is 0 Å². The molecular formula is C6H8Sn. The van der Waals surface area contributed by atoms with Crippen LogP contribution < -0.4 is 0 Å². The van der Waals surface area contributed by atoms with Crippen LogP contribution in [0.5, 0.6) is 0 Å². The fourth-order valence-electron chi connectivity index (χ4n) is 0.207. The molecule has 0 aromatic rings. The average Bonchev–Trinajstić information content (AvgIpc) is 1.69. The maximum atomic E-state index is 3.52. The quantitative estimate of drug-likeness (QED) is 0.462.